The first-order valence-corrected chi connectivity index (χ1v) is 6.99. The van der Waals surface area contributed by atoms with Gasteiger partial charge in [0.05, 0.1) is 5.02 Å². The molecule has 1 unspecified atom stereocenters. The van der Waals surface area contributed by atoms with Crippen molar-refractivity contribution >= 4 is 29.2 Å². The van der Waals surface area contributed by atoms with Crippen molar-refractivity contribution in [3.05, 3.63) is 58.9 Å². The number of aromatic hydroxyl groups is 1. The lowest BCUT2D eigenvalue weighted by molar-refractivity contribution is -0.138. The Bertz CT molecular complexity index is 765. The maximum Gasteiger partial charge on any atom is 0.326 e. The van der Waals surface area contributed by atoms with E-state index in [9.17, 15) is 24.2 Å². The topological polar surface area (TPSA) is 77.8 Å². The normalized spacial score (nSPS) is 11.8. The first-order chi connectivity index (χ1) is 10.8. The predicted molar refractivity (Wildman–Crippen MR) is 83.4 cm³/mol. The Hall–Kier alpha value is -2.60. The average Bonchev–Trinajstić information content (AvgIpc) is 2.50. The highest BCUT2D eigenvalue weighted by molar-refractivity contribution is 6.31. The average molecular weight is 338 g/mol. The summed E-state index contributed by atoms with van der Waals surface area (Å²) in [5.74, 6) is -2.70. The second kappa shape index (κ2) is 6.66. The van der Waals surface area contributed by atoms with Crippen LogP contribution in [-0.2, 0) is 4.79 Å². The number of benzene rings is 2. The van der Waals surface area contributed by atoms with Crippen LogP contribution in [0.3, 0.4) is 0 Å². The minimum Gasteiger partial charge on any atom is -0.508 e. The molecular weight excluding hydrogens is 325 g/mol. The van der Waals surface area contributed by atoms with Crippen LogP contribution in [0.5, 0.6) is 5.75 Å². The number of rotatable bonds is 4. The van der Waals surface area contributed by atoms with Crippen molar-refractivity contribution in [2.45, 2.75) is 13.0 Å². The number of nitrogens with zero attached hydrogens (tertiary/aromatic N) is 1. The molecular formula is C16H13ClFNO4. The summed E-state index contributed by atoms with van der Waals surface area (Å²) in [7, 11) is 0. The third kappa shape index (κ3) is 3.60. The van der Waals surface area contributed by atoms with Gasteiger partial charge in [0.2, 0.25) is 0 Å². The van der Waals surface area contributed by atoms with Gasteiger partial charge in [0.15, 0.2) is 0 Å². The molecule has 1 amide bonds. The maximum absolute atomic E-state index is 13.3. The van der Waals surface area contributed by atoms with Crippen LogP contribution < -0.4 is 4.90 Å². The number of carbonyl (C=O) groups is 2. The van der Waals surface area contributed by atoms with Gasteiger partial charge < -0.3 is 10.2 Å². The summed E-state index contributed by atoms with van der Waals surface area (Å²) in [5.41, 5.74) is 0.234. The fraction of sp³-hybridized carbons (Fsp3) is 0.125. The van der Waals surface area contributed by atoms with E-state index in [1.807, 2.05) is 0 Å². The molecule has 0 bridgehead atoms. The number of phenols is 1. The van der Waals surface area contributed by atoms with E-state index in [0.29, 0.717) is 0 Å². The molecule has 0 heterocycles. The number of hydrogen-bond donors (Lipinski definition) is 2. The fourth-order valence-corrected chi connectivity index (χ4v) is 2.21. The highest BCUT2D eigenvalue weighted by atomic mass is 35.5. The number of phenolic OH excluding ortho intramolecular Hbond substituents is 1. The van der Waals surface area contributed by atoms with E-state index >= 15 is 0 Å². The van der Waals surface area contributed by atoms with Gasteiger partial charge in [-0.15, -0.1) is 0 Å². The summed E-state index contributed by atoms with van der Waals surface area (Å²) in [6, 6.07) is 7.78. The third-order valence-corrected chi connectivity index (χ3v) is 3.53. The van der Waals surface area contributed by atoms with E-state index in [-0.39, 0.29) is 22.0 Å². The van der Waals surface area contributed by atoms with Crippen LogP contribution in [0.4, 0.5) is 10.1 Å². The van der Waals surface area contributed by atoms with Gasteiger partial charge in [0.25, 0.3) is 5.91 Å². The second-order valence-corrected chi connectivity index (χ2v) is 5.25. The largest absolute Gasteiger partial charge is 0.508 e. The second-order valence-electron chi connectivity index (χ2n) is 4.84. The van der Waals surface area contributed by atoms with Crippen LogP contribution in [0.25, 0.3) is 0 Å². The smallest absolute Gasteiger partial charge is 0.326 e. The first-order valence-electron chi connectivity index (χ1n) is 6.61. The lowest BCUT2D eigenvalue weighted by atomic mass is 10.1. The Balaban J connectivity index is 2.51. The summed E-state index contributed by atoms with van der Waals surface area (Å²) in [6.45, 7) is 1.32. The van der Waals surface area contributed by atoms with Crippen molar-refractivity contribution < 1.29 is 24.2 Å². The fourth-order valence-electron chi connectivity index (χ4n) is 2.04. The van der Waals surface area contributed by atoms with Crippen LogP contribution in [-0.4, -0.2) is 28.1 Å². The Morgan fingerprint density at radius 2 is 1.91 bits per heavy atom. The molecule has 0 saturated carbocycles. The minimum atomic E-state index is -1.24. The number of amides is 1. The zero-order valence-corrected chi connectivity index (χ0v) is 12.8. The maximum atomic E-state index is 13.3. The zero-order chi connectivity index (χ0) is 17.1. The SMILES string of the molecule is CC(C(=O)O)N(C(=O)c1cccc(O)c1)c1ccc(F)c(Cl)c1. The number of halogens is 2. The van der Waals surface area contributed by atoms with Crippen molar-refractivity contribution in [2.75, 3.05) is 4.90 Å². The van der Waals surface area contributed by atoms with Crippen LogP contribution in [0.2, 0.25) is 5.02 Å². The van der Waals surface area contributed by atoms with Gasteiger partial charge >= 0.3 is 5.97 Å². The molecule has 0 aromatic heterocycles. The number of carboxylic acids is 1. The third-order valence-electron chi connectivity index (χ3n) is 3.24. The molecule has 0 saturated heterocycles. The van der Waals surface area contributed by atoms with Gasteiger partial charge in [-0.1, -0.05) is 17.7 Å². The lowest BCUT2D eigenvalue weighted by Crippen LogP contribution is -2.43. The molecule has 0 aliphatic rings. The van der Waals surface area contributed by atoms with E-state index in [1.165, 1.54) is 43.3 Å². The molecule has 0 fully saturated rings. The summed E-state index contributed by atoms with van der Waals surface area (Å²) in [5, 5.41) is 18.5. The standard InChI is InChI=1S/C16H13ClFNO4/c1-9(16(22)23)19(11-5-6-14(18)13(17)8-11)15(21)10-3-2-4-12(20)7-10/h2-9,20H,1H3,(H,22,23). The van der Waals surface area contributed by atoms with E-state index in [0.717, 1.165) is 11.0 Å². The van der Waals surface area contributed by atoms with Gasteiger partial charge in [-0.25, -0.2) is 9.18 Å². The van der Waals surface area contributed by atoms with Crippen LogP contribution in [0.1, 0.15) is 17.3 Å². The van der Waals surface area contributed by atoms with Crippen LogP contribution in [0, 0.1) is 5.82 Å². The molecule has 0 radical (unpaired) electrons. The van der Waals surface area contributed by atoms with Crippen molar-refractivity contribution in [3.8, 4) is 5.75 Å². The molecule has 5 nitrogen and oxygen atoms in total. The molecule has 120 valence electrons. The number of carbonyl (C=O) groups excluding carboxylic acids is 1. The molecule has 1 atom stereocenters. The minimum absolute atomic E-state index is 0.0959. The van der Waals surface area contributed by atoms with E-state index in [4.69, 9.17) is 11.6 Å². The molecule has 7 heteroatoms. The summed E-state index contributed by atoms with van der Waals surface area (Å²) < 4.78 is 13.3. The van der Waals surface area contributed by atoms with Gasteiger partial charge in [0, 0.05) is 11.3 Å². The van der Waals surface area contributed by atoms with E-state index in [1.54, 1.807) is 0 Å². The molecule has 23 heavy (non-hydrogen) atoms. The van der Waals surface area contributed by atoms with Crippen molar-refractivity contribution in [3.63, 3.8) is 0 Å². The highest BCUT2D eigenvalue weighted by Gasteiger charge is 2.28. The number of aliphatic carboxylic acids is 1. The Morgan fingerprint density at radius 1 is 1.22 bits per heavy atom. The lowest BCUT2D eigenvalue weighted by Gasteiger charge is -2.27. The van der Waals surface area contributed by atoms with E-state index < -0.39 is 23.7 Å². The molecule has 2 aromatic carbocycles. The van der Waals surface area contributed by atoms with Gasteiger partial charge in [-0.05, 0) is 43.3 Å². The molecule has 0 aliphatic heterocycles. The Kier molecular flexibility index (Phi) is 4.86. The van der Waals surface area contributed by atoms with Crippen LogP contribution in [0.15, 0.2) is 42.5 Å². The molecule has 0 spiro atoms. The van der Waals surface area contributed by atoms with Crippen LogP contribution >= 0.6 is 11.6 Å². The molecule has 2 N–H and O–H groups in total. The summed E-state index contributed by atoms with van der Waals surface area (Å²) >= 11 is 5.72. The Labute approximate surface area is 136 Å². The van der Waals surface area contributed by atoms with Crippen molar-refractivity contribution in [1.29, 1.82) is 0 Å². The van der Waals surface area contributed by atoms with Gasteiger partial charge in [0.1, 0.15) is 17.6 Å². The summed E-state index contributed by atoms with van der Waals surface area (Å²) in [6.07, 6.45) is 0. The monoisotopic (exact) mass is 337 g/mol. The van der Waals surface area contributed by atoms with Crippen molar-refractivity contribution in [2.24, 2.45) is 0 Å². The van der Waals surface area contributed by atoms with E-state index in [2.05, 4.69) is 0 Å². The van der Waals surface area contributed by atoms with Crippen molar-refractivity contribution in [1.82, 2.24) is 0 Å². The molecule has 0 aliphatic carbocycles. The Morgan fingerprint density at radius 3 is 2.48 bits per heavy atom. The van der Waals surface area contributed by atoms with Gasteiger partial charge in [-0.2, -0.15) is 0 Å². The number of anilines is 1. The molecule has 2 rings (SSSR count). The predicted octanol–water partition coefficient (Wildman–Crippen LogP) is 3.30. The zero-order valence-electron chi connectivity index (χ0n) is 12.0. The van der Waals surface area contributed by atoms with Gasteiger partial charge in [-0.3, -0.25) is 9.69 Å². The number of hydrogen-bond acceptors (Lipinski definition) is 3. The number of carboxylic acid groups (broad SMARTS) is 1. The highest BCUT2D eigenvalue weighted by Crippen LogP contribution is 2.26. The quantitative estimate of drug-likeness (QED) is 0.897. The summed E-state index contributed by atoms with van der Waals surface area (Å²) in [4.78, 5) is 24.9. The first kappa shape index (κ1) is 16.8. The molecule has 2 aromatic rings.